The minimum absolute atomic E-state index is 0.0234. The lowest BCUT2D eigenvalue weighted by Gasteiger charge is -2.21. The molecular formula is C16H15BrCl3N. The first-order valence-corrected chi connectivity index (χ1v) is 8.59. The van der Waals surface area contributed by atoms with E-state index in [0.717, 1.165) is 28.6 Å². The van der Waals surface area contributed by atoms with Gasteiger partial charge in [-0.2, -0.15) is 0 Å². The van der Waals surface area contributed by atoms with E-state index in [1.807, 2.05) is 30.3 Å². The van der Waals surface area contributed by atoms with Gasteiger partial charge in [-0.15, -0.1) is 0 Å². The van der Waals surface area contributed by atoms with E-state index >= 15 is 0 Å². The highest BCUT2D eigenvalue weighted by atomic mass is 79.9. The van der Waals surface area contributed by atoms with Crippen molar-refractivity contribution in [3.63, 3.8) is 0 Å². The first-order valence-electron chi connectivity index (χ1n) is 6.66. The standard InChI is InChI=1S/C16H15BrCl3N/c1-2-7-21-16(10-3-5-15(20)13(17)8-10)12-9-11(18)4-6-14(12)19/h3-6,8-9,16,21H,2,7H2,1H3. The third-order valence-corrected chi connectivity index (χ3v) is 4.94. The molecule has 0 aromatic heterocycles. The van der Waals surface area contributed by atoms with Crippen LogP contribution in [0.2, 0.25) is 15.1 Å². The average molecular weight is 408 g/mol. The molecule has 0 aliphatic carbocycles. The predicted octanol–water partition coefficient (Wildman–Crippen LogP) is 6.50. The fraction of sp³-hybridized carbons (Fsp3) is 0.250. The number of benzene rings is 2. The Morgan fingerprint density at radius 3 is 2.43 bits per heavy atom. The van der Waals surface area contributed by atoms with Crippen LogP contribution in [0.5, 0.6) is 0 Å². The van der Waals surface area contributed by atoms with Gasteiger partial charge in [0, 0.05) is 14.5 Å². The normalized spacial score (nSPS) is 12.4. The van der Waals surface area contributed by atoms with Crippen LogP contribution in [-0.2, 0) is 0 Å². The molecule has 5 heteroatoms. The van der Waals surface area contributed by atoms with Gasteiger partial charge in [0.15, 0.2) is 0 Å². The van der Waals surface area contributed by atoms with Gasteiger partial charge in [-0.25, -0.2) is 0 Å². The molecule has 0 aliphatic heterocycles. The highest BCUT2D eigenvalue weighted by Crippen LogP contribution is 2.33. The average Bonchev–Trinajstić information content (AvgIpc) is 2.46. The van der Waals surface area contributed by atoms with Crippen LogP contribution in [0.3, 0.4) is 0 Å². The lowest BCUT2D eigenvalue weighted by atomic mass is 9.98. The second-order valence-electron chi connectivity index (χ2n) is 4.73. The van der Waals surface area contributed by atoms with Crippen molar-refractivity contribution in [2.45, 2.75) is 19.4 Å². The van der Waals surface area contributed by atoms with E-state index in [0.29, 0.717) is 15.1 Å². The van der Waals surface area contributed by atoms with Gasteiger partial charge in [0.25, 0.3) is 0 Å². The maximum absolute atomic E-state index is 6.35. The molecule has 1 N–H and O–H groups in total. The quantitative estimate of drug-likeness (QED) is 0.597. The Hall–Kier alpha value is -0.250. The number of rotatable bonds is 5. The molecular weight excluding hydrogens is 392 g/mol. The van der Waals surface area contributed by atoms with Crippen LogP contribution >= 0.6 is 50.7 Å². The lowest BCUT2D eigenvalue weighted by molar-refractivity contribution is 0.598. The van der Waals surface area contributed by atoms with E-state index in [9.17, 15) is 0 Å². The molecule has 112 valence electrons. The van der Waals surface area contributed by atoms with Crippen molar-refractivity contribution in [2.24, 2.45) is 0 Å². The summed E-state index contributed by atoms with van der Waals surface area (Å²) in [5.74, 6) is 0. The Labute approximate surface area is 148 Å². The summed E-state index contributed by atoms with van der Waals surface area (Å²) in [4.78, 5) is 0. The third kappa shape index (κ3) is 4.37. The monoisotopic (exact) mass is 405 g/mol. The number of halogens is 4. The van der Waals surface area contributed by atoms with Crippen molar-refractivity contribution in [2.75, 3.05) is 6.54 Å². The van der Waals surface area contributed by atoms with Crippen molar-refractivity contribution >= 4 is 50.7 Å². The molecule has 1 atom stereocenters. The molecule has 1 nitrogen and oxygen atoms in total. The fourth-order valence-electron chi connectivity index (χ4n) is 2.12. The van der Waals surface area contributed by atoms with Crippen molar-refractivity contribution < 1.29 is 0 Å². The van der Waals surface area contributed by atoms with Crippen molar-refractivity contribution in [3.05, 3.63) is 67.1 Å². The summed E-state index contributed by atoms with van der Waals surface area (Å²) in [5.41, 5.74) is 2.05. The second kappa shape index (κ2) is 7.85. The van der Waals surface area contributed by atoms with E-state index in [-0.39, 0.29) is 6.04 Å². The summed E-state index contributed by atoms with van der Waals surface area (Å²) in [6, 6.07) is 11.4. The van der Waals surface area contributed by atoms with Crippen LogP contribution in [-0.4, -0.2) is 6.54 Å². The molecule has 2 aromatic rings. The van der Waals surface area contributed by atoms with Gasteiger partial charge in [0.05, 0.1) is 11.1 Å². The van der Waals surface area contributed by atoms with E-state index in [1.165, 1.54) is 0 Å². The zero-order valence-electron chi connectivity index (χ0n) is 11.5. The van der Waals surface area contributed by atoms with Crippen LogP contribution in [0.25, 0.3) is 0 Å². The molecule has 0 fully saturated rings. The topological polar surface area (TPSA) is 12.0 Å². The Kier molecular flexibility index (Phi) is 6.39. The number of nitrogens with one attached hydrogen (secondary N) is 1. The Morgan fingerprint density at radius 2 is 1.76 bits per heavy atom. The minimum Gasteiger partial charge on any atom is -0.306 e. The van der Waals surface area contributed by atoms with Gasteiger partial charge in [-0.05, 0) is 70.4 Å². The highest BCUT2D eigenvalue weighted by Gasteiger charge is 2.17. The number of hydrogen-bond acceptors (Lipinski definition) is 1. The first kappa shape index (κ1) is 17.1. The summed E-state index contributed by atoms with van der Waals surface area (Å²) in [6.45, 7) is 3.01. The third-order valence-electron chi connectivity index (χ3n) is 3.14. The SMILES string of the molecule is CCCNC(c1ccc(Cl)c(Br)c1)c1cc(Cl)ccc1Cl. The Balaban J connectivity index is 2.46. The largest absolute Gasteiger partial charge is 0.306 e. The van der Waals surface area contributed by atoms with Crippen LogP contribution in [0.4, 0.5) is 0 Å². The summed E-state index contributed by atoms with van der Waals surface area (Å²) >= 11 is 22.0. The van der Waals surface area contributed by atoms with Crippen LogP contribution in [0.15, 0.2) is 40.9 Å². The fourth-order valence-corrected chi connectivity index (χ4v) is 3.05. The van der Waals surface area contributed by atoms with Crippen molar-refractivity contribution in [1.82, 2.24) is 5.32 Å². The molecule has 21 heavy (non-hydrogen) atoms. The molecule has 0 amide bonds. The van der Waals surface area contributed by atoms with E-state index in [4.69, 9.17) is 34.8 Å². The van der Waals surface area contributed by atoms with Gasteiger partial charge in [-0.3, -0.25) is 0 Å². The zero-order valence-corrected chi connectivity index (χ0v) is 15.3. The van der Waals surface area contributed by atoms with Crippen LogP contribution in [0.1, 0.15) is 30.5 Å². The molecule has 0 spiro atoms. The molecule has 0 radical (unpaired) electrons. The molecule has 0 saturated heterocycles. The van der Waals surface area contributed by atoms with Crippen molar-refractivity contribution in [3.8, 4) is 0 Å². The smallest absolute Gasteiger partial charge is 0.0592 e. The highest BCUT2D eigenvalue weighted by molar-refractivity contribution is 9.10. The molecule has 0 bridgehead atoms. The van der Waals surface area contributed by atoms with E-state index in [1.54, 1.807) is 6.07 Å². The molecule has 2 rings (SSSR count). The van der Waals surface area contributed by atoms with Gasteiger partial charge < -0.3 is 5.32 Å². The molecule has 0 aliphatic rings. The Bertz CT molecular complexity index is 631. The maximum Gasteiger partial charge on any atom is 0.0592 e. The number of hydrogen-bond donors (Lipinski definition) is 1. The van der Waals surface area contributed by atoms with Gasteiger partial charge in [-0.1, -0.05) is 47.8 Å². The van der Waals surface area contributed by atoms with Crippen LogP contribution in [0, 0.1) is 0 Å². The maximum atomic E-state index is 6.35. The molecule has 2 aromatic carbocycles. The summed E-state index contributed by atoms with van der Waals surface area (Å²) in [5, 5.41) is 5.56. The molecule has 1 unspecified atom stereocenters. The summed E-state index contributed by atoms with van der Waals surface area (Å²) < 4.78 is 0.864. The second-order valence-corrected chi connectivity index (χ2v) is 6.83. The summed E-state index contributed by atoms with van der Waals surface area (Å²) in [6.07, 6.45) is 1.03. The molecule has 0 saturated carbocycles. The summed E-state index contributed by atoms with van der Waals surface area (Å²) in [7, 11) is 0. The first-order chi connectivity index (χ1) is 10.0. The van der Waals surface area contributed by atoms with E-state index in [2.05, 4.69) is 28.2 Å². The lowest BCUT2D eigenvalue weighted by Crippen LogP contribution is -2.23. The van der Waals surface area contributed by atoms with Gasteiger partial charge in [0.2, 0.25) is 0 Å². The minimum atomic E-state index is -0.0234. The van der Waals surface area contributed by atoms with Crippen LogP contribution < -0.4 is 5.32 Å². The van der Waals surface area contributed by atoms with Gasteiger partial charge >= 0.3 is 0 Å². The van der Waals surface area contributed by atoms with Gasteiger partial charge in [0.1, 0.15) is 0 Å². The predicted molar refractivity (Wildman–Crippen MR) is 95.8 cm³/mol. The van der Waals surface area contributed by atoms with E-state index < -0.39 is 0 Å². The van der Waals surface area contributed by atoms with Crippen molar-refractivity contribution in [1.29, 1.82) is 0 Å². The zero-order chi connectivity index (χ0) is 15.4. The Morgan fingerprint density at radius 1 is 1.05 bits per heavy atom. The molecule has 0 heterocycles.